The molecule has 3 aliphatic rings. The van der Waals surface area contributed by atoms with Crippen molar-refractivity contribution in [2.75, 3.05) is 26.3 Å². The van der Waals surface area contributed by atoms with E-state index >= 15 is 0 Å². The third kappa shape index (κ3) is 6.25. The number of nitrogens with one attached hydrogen (secondary N) is 4. The molecule has 2 fully saturated rings. The minimum absolute atomic E-state index is 0.0629. The van der Waals surface area contributed by atoms with E-state index in [2.05, 4.69) is 20.6 Å². The van der Waals surface area contributed by atoms with Gasteiger partial charge in [0.1, 0.15) is 11.7 Å². The molecule has 5 rings (SSSR count). The van der Waals surface area contributed by atoms with Crippen molar-refractivity contribution in [1.82, 2.24) is 25.5 Å². The van der Waals surface area contributed by atoms with E-state index in [-0.39, 0.29) is 29.5 Å². The number of fused-ring (bicyclic) bond motifs is 1. The molecule has 0 radical (unpaired) electrons. The summed E-state index contributed by atoms with van der Waals surface area (Å²) >= 11 is 0. The van der Waals surface area contributed by atoms with Crippen molar-refractivity contribution in [2.45, 2.75) is 50.6 Å². The molecule has 3 atom stereocenters. The highest BCUT2D eigenvalue weighted by Crippen LogP contribution is 2.36. The van der Waals surface area contributed by atoms with Crippen LogP contribution in [0.5, 0.6) is 0 Å². The molecule has 3 amide bonds. The van der Waals surface area contributed by atoms with E-state index in [1.165, 1.54) is 0 Å². The van der Waals surface area contributed by atoms with Gasteiger partial charge < -0.3 is 25.3 Å². The number of carbonyl (C=O) groups is 3. The number of benzene rings is 1. The number of hydrogen-bond donors (Lipinski definition) is 4. The molecule has 212 valence electrons. The van der Waals surface area contributed by atoms with E-state index in [1.54, 1.807) is 4.90 Å². The molecule has 1 aromatic heterocycles. The zero-order valence-corrected chi connectivity index (χ0v) is 22.3. The first-order valence-electron chi connectivity index (χ1n) is 13.8. The fourth-order valence-electron chi connectivity index (χ4n) is 5.92. The monoisotopic (exact) mass is 549 g/mol. The first kappa shape index (κ1) is 27.6. The summed E-state index contributed by atoms with van der Waals surface area (Å²) in [6, 6.07) is 9.72. The number of nitrogens with zero attached hydrogens (tertiary/aromatic N) is 1. The fourth-order valence-corrected chi connectivity index (χ4v) is 5.92. The predicted octanol–water partition coefficient (Wildman–Crippen LogP) is 0.884. The maximum atomic E-state index is 13.7. The molecule has 11 nitrogen and oxygen atoms in total. The number of hydrogen-bond acceptors (Lipinski definition) is 6. The number of rotatable bonds is 3. The van der Waals surface area contributed by atoms with Gasteiger partial charge in [0, 0.05) is 50.8 Å². The van der Waals surface area contributed by atoms with Crippen LogP contribution < -0.4 is 21.9 Å². The number of H-pyrrole nitrogens is 2. The van der Waals surface area contributed by atoms with Crippen molar-refractivity contribution in [1.29, 1.82) is 0 Å². The Kier molecular flexibility index (Phi) is 8.29. The second-order valence-electron chi connectivity index (χ2n) is 10.9. The highest BCUT2D eigenvalue weighted by atomic mass is 16.5. The number of likely N-dealkylation sites (tertiary alicyclic amines) is 1. The fraction of sp³-hybridized carbons (Fsp3) is 0.483. The normalized spacial score (nSPS) is 26.0. The standard InChI is InChI=1S/C29H35N5O6/c35-24-17-23(32-28(39)33-24)26(37)34-13-9-21-20(18-34)8-4-5-10-29(11-14-40-15-12-29)27(38)31-22(25(36)30-21)16-19-6-2-1-3-7-19/h1-7,17,20-22H,8-16,18H2,(H,30,36)(H,31,38)(H2,32,33,35,39)/b5-4+/t20-,21+,22-/m1/s1. The molecule has 4 heterocycles. The van der Waals surface area contributed by atoms with Gasteiger partial charge in [-0.1, -0.05) is 42.5 Å². The van der Waals surface area contributed by atoms with E-state index in [1.807, 2.05) is 42.5 Å². The minimum Gasteiger partial charge on any atom is -0.381 e. The summed E-state index contributed by atoms with van der Waals surface area (Å²) in [6.45, 7) is 1.67. The lowest BCUT2D eigenvalue weighted by Gasteiger charge is -2.40. The van der Waals surface area contributed by atoms with Crippen molar-refractivity contribution < 1.29 is 19.1 Å². The van der Waals surface area contributed by atoms with Crippen LogP contribution in [0.1, 0.15) is 48.2 Å². The van der Waals surface area contributed by atoms with Crippen LogP contribution in [0.3, 0.4) is 0 Å². The van der Waals surface area contributed by atoms with E-state index in [9.17, 15) is 24.0 Å². The Morgan fingerprint density at radius 1 is 1.00 bits per heavy atom. The van der Waals surface area contributed by atoms with E-state index < -0.39 is 28.6 Å². The van der Waals surface area contributed by atoms with Gasteiger partial charge in [-0.2, -0.15) is 0 Å². The van der Waals surface area contributed by atoms with Crippen LogP contribution in [0.25, 0.3) is 0 Å². The van der Waals surface area contributed by atoms with Gasteiger partial charge in [-0.25, -0.2) is 4.79 Å². The highest BCUT2D eigenvalue weighted by Gasteiger charge is 2.41. The first-order valence-corrected chi connectivity index (χ1v) is 13.8. The first-order chi connectivity index (χ1) is 19.3. The second-order valence-corrected chi connectivity index (χ2v) is 10.9. The van der Waals surface area contributed by atoms with Crippen LogP contribution in [0.15, 0.2) is 58.1 Å². The Bertz CT molecular complexity index is 1350. The largest absolute Gasteiger partial charge is 0.381 e. The molecule has 1 aromatic carbocycles. The smallest absolute Gasteiger partial charge is 0.326 e. The molecule has 4 N–H and O–H groups in total. The molecular weight excluding hydrogens is 514 g/mol. The number of amides is 3. The SMILES string of the molecule is O=C1N[C@H]2CCN(C(=O)c3cc(=O)[nH]c(=O)[nH]3)C[C@H]2C/C=C/CC2(CCOCC2)C(=O)N[C@@H]1Cc1ccccc1. The Labute approximate surface area is 231 Å². The van der Waals surface area contributed by atoms with Crippen LogP contribution in [-0.4, -0.2) is 71.0 Å². The number of piperidine rings is 1. The number of carbonyl (C=O) groups excluding carboxylic acids is 3. The van der Waals surface area contributed by atoms with Crippen LogP contribution in [0.4, 0.5) is 0 Å². The Morgan fingerprint density at radius 3 is 2.52 bits per heavy atom. The maximum absolute atomic E-state index is 13.7. The Balaban J connectivity index is 1.40. The lowest BCUT2D eigenvalue weighted by Crippen LogP contribution is -2.58. The van der Waals surface area contributed by atoms with Crippen molar-refractivity contribution in [3.8, 4) is 0 Å². The molecule has 0 unspecified atom stereocenters. The third-order valence-electron chi connectivity index (χ3n) is 8.29. The topological polar surface area (TPSA) is 153 Å². The number of ether oxygens (including phenoxy) is 1. The minimum atomic E-state index is -0.751. The number of aromatic amines is 2. The molecule has 40 heavy (non-hydrogen) atoms. The summed E-state index contributed by atoms with van der Waals surface area (Å²) in [5.74, 6) is -0.901. The molecular formula is C29H35N5O6. The number of aromatic nitrogens is 2. The molecule has 1 spiro atoms. The Morgan fingerprint density at radius 2 is 1.77 bits per heavy atom. The summed E-state index contributed by atoms with van der Waals surface area (Å²) in [5.41, 5.74) is -1.15. The van der Waals surface area contributed by atoms with Gasteiger partial charge in [0.2, 0.25) is 11.8 Å². The predicted molar refractivity (Wildman–Crippen MR) is 147 cm³/mol. The van der Waals surface area contributed by atoms with Crippen molar-refractivity contribution >= 4 is 17.7 Å². The molecule has 2 aromatic rings. The lowest BCUT2D eigenvalue weighted by atomic mass is 9.75. The summed E-state index contributed by atoms with van der Waals surface area (Å²) in [5, 5.41) is 6.25. The van der Waals surface area contributed by atoms with Crippen LogP contribution >= 0.6 is 0 Å². The third-order valence-corrected chi connectivity index (χ3v) is 8.29. The average Bonchev–Trinajstić information content (AvgIpc) is 2.95. The van der Waals surface area contributed by atoms with Gasteiger partial charge in [-0.15, -0.1) is 0 Å². The zero-order valence-electron chi connectivity index (χ0n) is 22.3. The van der Waals surface area contributed by atoms with E-state index in [4.69, 9.17) is 4.74 Å². The Hall–Kier alpha value is -3.99. The van der Waals surface area contributed by atoms with Crippen LogP contribution in [0.2, 0.25) is 0 Å². The van der Waals surface area contributed by atoms with Crippen molar-refractivity contribution in [2.24, 2.45) is 11.3 Å². The molecule has 0 saturated carbocycles. The van der Waals surface area contributed by atoms with Gasteiger partial charge in [0.05, 0.1) is 5.41 Å². The van der Waals surface area contributed by atoms with Crippen LogP contribution in [-0.2, 0) is 20.7 Å². The van der Waals surface area contributed by atoms with Crippen LogP contribution in [0, 0.1) is 11.3 Å². The lowest BCUT2D eigenvalue weighted by molar-refractivity contribution is -0.140. The summed E-state index contributed by atoms with van der Waals surface area (Å²) in [4.78, 5) is 70.1. The van der Waals surface area contributed by atoms with E-state index in [0.717, 1.165) is 11.6 Å². The van der Waals surface area contributed by atoms with Gasteiger partial charge >= 0.3 is 5.69 Å². The molecule has 0 bridgehead atoms. The quantitative estimate of drug-likeness (QED) is 0.417. The van der Waals surface area contributed by atoms with Crippen molar-refractivity contribution in [3.05, 3.63) is 80.6 Å². The molecule has 2 saturated heterocycles. The summed E-state index contributed by atoms with van der Waals surface area (Å²) in [7, 11) is 0. The summed E-state index contributed by atoms with van der Waals surface area (Å²) in [6.07, 6.45) is 7.20. The average molecular weight is 550 g/mol. The zero-order chi connectivity index (χ0) is 28.1. The summed E-state index contributed by atoms with van der Waals surface area (Å²) < 4.78 is 5.55. The molecule has 11 heteroatoms. The van der Waals surface area contributed by atoms with E-state index in [0.29, 0.717) is 64.8 Å². The van der Waals surface area contributed by atoms with Gasteiger partial charge in [-0.3, -0.25) is 24.2 Å². The van der Waals surface area contributed by atoms with Gasteiger partial charge in [-0.05, 0) is 37.7 Å². The van der Waals surface area contributed by atoms with Crippen molar-refractivity contribution in [3.63, 3.8) is 0 Å². The molecule has 3 aliphatic heterocycles. The van der Waals surface area contributed by atoms with Gasteiger partial charge in [0.15, 0.2) is 0 Å². The molecule has 0 aliphatic carbocycles. The van der Waals surface area contributed by atoms with Gasteiger partial charge in [0.25, 0.3) is 11.5 Å². The number of allylic oxidation sites excluding steroid dienone is 2. The maximum Gasteiger partial charge on any atom is 0.326 e. The second kappa shape index (κ2) is 12.0. The highest BCUT2D eigenvalue weighted by molar-refractivity contribution is 5.92.